The fraction of sp³-hybridized carbons (Fsp3) is 0. The highest BCUT2D eigenvalue weighted by Gasteiger charge is 2.01. The van der Waals surface area contributed by atoms with Gasteiger partial charge in [0.15, 0.2) is 0 Å². The van der Waals surface area contributed by atoms with E-state index in [9.17, 15) is 0 Å². The van der Waals surface area contributed by atoms with Gasteiger partial charge in [0.05, 0.1) is 5.69 Å². The van der Waals surface area contributed by atoms with E-state index in [2.05, 4.69) is 39.1 Å². The summed E-state index contributed by atoms with van der Waals surface area (Å²) in [5.74, 6) is 0. The van der Waals surface area contributed by atoms with Gasteiger partial charge >= 0.3 is 0 Å². The maximum Gasteiger partial charge on any atom is 0.242 e. The zero-order valence-electron chi connectivity index (χ0n) is 7.54. The maximum absolute atomic E-state index is 5.03. The molecule has 4 nitrogen and oxygen atoms in total. The molecule has 0 aliphatic heterocycles. The van der Waals surface area contributed by atoms with Crippen LogP contribution in [0.4, 0.5) is 0 Å². The highest BCUT2D eigenvalue weighted by atomic mass is 32.1. The molecule has 0 amide bonds. The van der Waals surface area contributed by atoms with Crippen LogP contribution in [-0.4, -0.2) is 20.2 Å². The molecule has 0 spiro atoms. The first-order valence-electron chi connectivity index (χ1n) is 4.32. The molecule has 0 radical (unpaired) electrons. The monoisotopic (exact) mass is 234 g/mol. The van der Waals surface area contributed by atoms with E-state index in [1.165, 1.54) is 10.1 Å². The van der Waals surface area contributed by atoms with Crippen LogP contribution in [0.2, 0.25) is 0 Å². The Hall–Kier alpha value is -1.53. The Kier molecular flexibility index (Phi) is 1.90. The van der Waals surface area contributed by atoms with Crippen LogP contribution < -0.4 is 0 Å². The molecule has 0 atom stereocenters. The van der Waals surface area contributed by atoms with E-state index >= 15 is 0 Å². The van der Waals surface area contributed by atoms with E-state index in [-0.39, 0.29) is 0 Å². The van der Waals surface area contributed by atoms with Gasteiger partial charge in [0.1, 0.15) is 0 Å². The Morgan fingerprint density at radius 1 is 1.33 bits per heavy atom. The molecule has 0 saturated heterocycles. The van der Waals surface area contributed by atoms with E-state index in [0.29, 0.717) is 4.77 Å². The zero-order valence-corrected chi connectivity index (χ0v) is 9.18. The van der Waals surface area contributed by atoms with Crippen LogP contribution in [0.15, 0.2) is 29.6 Å². The lowest BCUT2D eigenvalue weighted by Crippen LogP contribution is -1.95. The van der Waals surface area contributed by atoms with E-state index in [4.69, 9.17) is 12.2 Å². The van der Waals surface area contributed by atoms with Gasteiger partial charge in [-0.2, -0.15) is 5.21 Å². The largest absolute Gasteiger partial charge is 0.242 e. The summed E-state index contributed by atoms with van der Waals surface area (Å²) in [6, 6.07) is 8.20. The van der Waals surface area contributed by atoms with Crippen LogP contribution in [0.1, 0.15) is 0 Å². The molecule has 2 aromatic heterocycles. The third-order valence-electron chi connectivity index (χ3n) is 2.17. The molecular formula is C9H6N4S2. The molecule has 0 bridgehead atoms. The van der Waals surface area contributed by atoms with Gasteiger partial charge in [0.2, 0.25) is 4.77 Å². The summed E-state index contributed by atoms with van der Waals surface area (Å²) in [7, 11) is 0. The number of hydrogen-bond donors (Lipinski definition) is 1. The summed E-state index contributed by atoms with van der Waals surface area (Å²) in [5, 5.41) is 13.4. The molecule has 1 aromatic carbocycles. The van der Waals surface area contributed by atoms with Gasteiger partial charge in [-0.1, -0.05) is 10.3 Å². The lowest BCUT2D eigenvalue weighted by Gasteiger charge is -1.99. The Morgan fingerprint density at radius 2 is 2.27 bits per heavy atom. The second-order valence-electron chi connectivity index (χ2n) is 3.06. The fourth-order valence-corrected chi connectivity index (χ4v) is 2.42. The minimum absolute atomic E-state index is 0.435. The molecule has 0 unspecified atom stereocenters. The van der Waals surface area contributed by atoms with Crippen molar-refractivity contribution in [1.82, 2.24) is 20.2 Å². The Bertz CT molecular complexity index is 664. The fourth-order valence-electron chi connectivity index (χ4n) is 1.46. The molecule has 0 saturated carbocycles. The first-order valence-corrected chi connectivity index (χ1v) is 5.61. The molecule has 1 N–H and O–H groups in total. The molecular weight excluding hydrogens is 228 g/mol. The second-order valence-corrected chi connectivity index (χ2v) is 4.37. The Balaban J connectivity index is 2.28. The van der Waals surface area contributed by atoms with Crippen LogP contribution in [-0.2, 0) is 0 Å². The van der Waals surface area contributed by atoms with Gasteiger partial charge in [-0.15, -0.1) is 11.3 Å². The molecule has 3 aromatic rings. The van der Waals surface area contributed by atoms with Crippen molar-refractivity contribution in [1.29, 1.82) is 0 Å². The van der Waals surface area contributed by atoms with Gasteiger partial charge in [-0.25, -0.2) is 4.68 Å². The minimum Gasteiger partial charge on any atom is -0.210 e. The lowest BCUT2D eigenvalue weighted by atomic mass is 10.2. The minimum atomic E-state index is 0.435. The zero-order chi connectivity index (χ0) is 10.3. The summed E-state index contributed by atoms with van der Waals surface area (Å²) >= 11 is 6.75. The molecule has 0 aliphatic rings. The number of aromatic nitrogens is 4. The number of nitrogens with zero attached hydrogens (tertiary/aromatic N) is 3. The summed E-state index contributed by atoms with van der Waals surface area (Å²) < 4.78 is 3.37. The molecule has 2 heterocycles. The summed E-state index contributed by atoms with van der Waals surface area (Å²) in [5.41, 5.74) is 0.955. The third kappa shape index (κ3) is 1.38. The number of H-pyrrole nitrogens is 1. The van der Waals surface area contributed by atoms with Gasteiger partial charge in [-0.3, -0.25) is 0 Å². The summed E-state index contributed by atoms with van der Waals surface area (Å²) in [6.07, 6.45) is 0. The molecule has 74 valence electrons. The number of hydrogen-bond acceptors (Lipinski definition) is 4. The maximum atomic E-state index is 5.03. The Morgan fingerprint density at radius 3 is 3.07 bits per heavy atom. The number of rotatable bonds is 1. The highest BCUT2D eigenvalue weighted by molar-refractivity contribution is 7.71. The molecule has 3 rings (SSSR count). The number of nitrogens with one attached hydrogen (secondary N) is 1. The van der Waals surface area contributed by atoms with E-state index < -0.39 is 0 Å². The van der Waals surface area contributed by atoms with Crippen molar-refractivity contribution in [3.63, 3.8) is 0 Å². The van der Waals surface area contributed by atoms with Crippen molar-refractivity contribution in [2.45, 2.75) is 0 Å². The van der Waals surface area contributed by atoms with Crippen molar-refractivity contribution < 1.29 is 0 Å². The van der Waals surface area contributed by atoms with Crippen LogP contribution in [0.25, 0.3) is 15.8 Å². The predicted molar refractivity (Wildman–Crippen MR) is 61.9 cm³/mol. The van der Waals surface area contributed by atoms with Crippen LogP contribution >= 0.6 is 23.6 Å². The molecule has 15 heavy (non-hydrogen) atoms. The van der Waals surface area contributed by atoms with Gasteiger partial charge in [-0.05, 0) is 47.2 Å². The number of tetrazole rings is 1. The summed E-state index contributed by atoms with van der Waals surface area (Å²) in [6.45, 7) is 0. The third-order valence-corrected chi connectivity index (χ3v) is 3.33. The average molecular weight is 234 g/mol. The molecule has 0 aliphatic carbocycles. The molecule has 6 heteroatoms. The topological polar surface area (TPSA) is 46.5 Å². The van der Waals surface area contributed by atoms with Crippen LogP contribution in [0.5, 0.6) is 0 Å². The predicted octanol–water partition coefficient (Wildman–Crippen LogP) is 2.54. The summed E-state index contributed by atoms with van der Waals surface area (Å²) in [4.78, 5) is 0. The number of aromatic amines is 1. The smallest absolute Gasteiger partial charge is 0.210 e. The first-order chi connectivity index (χ1) is 7.34. The normalized spacial score (nSPS) is 10.9. The standard InChI is InChI=1S/C9H6N4S2/c14-9-10-11-12-13(9)7-1-2-8-6(5-7)3-4-15-8/h1-5H,(H,10,12,14). The first kappa shape index (κ1) is 8.75. The van der Waals surface area contributed by atoms with Gasteiger partial charge in [0, 0.05) is 4.70 Å². The molecule has 0 fully saturated rings. The van der Waals surface area contributed by atoms with Gasteiger partial charge < -0.3 is 0 Å². The quantitative estimate of drug-likeness (QED) is 0.658. The van der Waals surface area contributed by atoms with Gasteiger partial charge in [0.25, 0.3) is 0 Å². The van der Waals surface area contributed by atoms with Crippen molar-refractivity contribution in [3.05, 3.63) is 34.4 Å². The number of fused-ring (bicyclic) bond motifs is 1. The van der Waals surface area contributed by atoms with Crippen molar-refractivity contribution in [3.8, 4) is 5.69 Å². The highest BCUT2D eigenvalue weighted by Crippen LogP contribution is 2.22. The Labute approximate surface area is 94.2 Å². The number of thiophene rings is 1. The van der Waals surface area contributed by atoms with Crippen molar-refractivity contribution in [2.75, 3.05) is 0 Å². The van der Waals surface area contributed by atoms with Crippen LogP contribution in [0.3, 0.4) is 0 Å². The van der Waals surface area contributed by atoms with Crippen molar-refractivity contribution >= 4 is 33.6 Å². The SMILES string of the molecule is S=c1nn[nH]n1-c1ccc2sccc2c1. The van der Waals surface area contributed by atoms with E-state index in [0.717, 1.165) is 5.69 Å². The lowest BCUT2D eigenvalue weighted by molar-refractivity contribution is 0.787. The van der Waals surface area contributed by atoms with E-state index in [1.807, 2.05) is 6.07 Å². The van der Waals surface area contributed by atoms with E-state index in [1.54, 1.807) is 16.0 Å². The van der Waals surface area contributed by atoms with Crippen LogP contribution in [0, 0.1) is 4.77 Å². The van der Waals surface area contributed by atoms with Crippen molar-refractivity contribution in [2.24, 2.45) is 0 Å². The average Bonchev–Trinajstić information content (AvgIpc) is 2.84. The number of benzene rings is 1. The second kappa shape index (κ2) is 3.25.